The van der Waals surface area contributed by atoms with Gasteiger partial charge in [0.1, 0.15) is 11.5 Å². The highest BCUT2D eigenvalue weighted by Crippen LogP contribution is 2.25. The second kappa shape index (κ2) is 5.64. The zero-order chi connectivity index (χ0) is 13.0. The van der Waals surface area contributed by atoms with Gasteiger partial charge in [-0.15, -0.1) is 0 Å². The first-order chi connectivity index (χ1) is 8.74. The Bertz CT molecular complexity index is 525. The molecule has 0 aliphatic carbocycles. The summed E-state index contributed by atoms with van der Waals surface area (Å²) >= 11 is 0. The Morgan fingerprint density at radius 1 is 1.39 bits per heavy atom. The summed E-state index contributed by atoms with van der Waals surface area (Å²) in [6.45, 7) is 0.104. The zero-order valence-corrected chi connectivity index (χ0v) is 10.0. The molecule has 0 amide bonds. The summed E-state index contributed by atoms with van der Waals surface area (Å²) in [6, 6.07) is 6.37. The Balaban J connectivity index is 2.20. The van der Waals surface area contributed by atoms with Crippen molar-refractivity contribution in [2.75, 3.05) is 13.7 Å². The Morgan fingerprint density at radius 2 is 2.22 bits per heavy atom. The minimum Gasteiger partial charge on any atom is -0.494 e. The van der Waals surface area contributed by atoms with Gasteiger partial charge in [-0.3, -0.25) is 0 Å². The van der Waals surface area contributed by atoms with Crippen LogP contribution in [0.5, 0.6) is 5.75 Å². The molecule has 0 saturated carbocycles. The third-order valence-electron chi connectivity index (χ3n) is 2.59. The summed E-state index contributed by atoms with van der Waals surface area (Å²) in [5.74, 6) is 0.438. The second-order valence-corrected chi connectivity index (χ2v) is 3.85. The summed E-state index contributed by atoms with van der Waals surface area (Å²) < 4.78 is 23.5. The average Bonchev–Trinajstić information content (AvgIpc) is 2.85. The fourth-order valence-corrected chi connectivity index (χ4v) is 1.65. The molecule has 1 N–H and O–H groups in total. The largest absolute Gasteiger partial charge is 0.494 e. The standard InChI is InChI=1S/C13H14FNO3/c1-17-13-5-4-9(7-11(13)14)12-8-10(18-15-12)3-2-6-16/h4-5,7-8,16H,2-3,6H2,1H3. The summed E-state index contributed by atoms with van der Waals surface area (Å²) in [5.41, 5.74) is 1.21. The first-order valence-electron chi connectivity index (χ1n) is 5.65. The Morgan fingerprint density at radius 3 is 2.89 bits per heavy atom. The number of rotatable bonds is 5. The highest BCUT2D eigenvalue weighted by Gasteiger charge is 2.09. The molecule has 0 radical (unpaired) electrons. The van der Waals surface area contributed by atoms with E-state index >= 15 is 0 Å². The molecule has 2 aromatic rings. The highest BCUT2D eigenvalue weighted by atomic mass is 19.1. The van der Waals surface area contributed by atoms with Crippen molar-refractivity contribution in [2.45, 2.75) is 12.8 Å². The number of aromatic nitrogens is 1. The molecule has 1 aromatic heterocycles. The van der Waals surface area contributed by atoms with Gasteiger partial charge in [0.05, 0.1) is 7.11 Å². The van der Waals surface area contributed by atoms with Gasteiger partial charge in [0.25, 0.3) is 0 Å². The molecule has 1 aromatic carbocycles. The van der Waals surface area contributed by atoms with Crippen molar-refractivity contribution in [3.63, 3.8) is 0 Å². The van der Waals surface area contributed by atoms with E-state index in [0.717, 1.165) is 0 Å². The SMILES string of the molecule is COc1ccc(-c2cc(CCCO)on2)cc1F. The number of hydrogen-bond donors (Lipinski definition) is 1. The molecule has 96 valence electrons. The lowest BCUT2D eigenvalue weighted by molar-refractivity contribution is 0.280. The fraction of sp³-hybridized carbons (Fsp3) is 0.308. The molecule has 0 aliphatic rings. The second-order valence-electron chi connectivity index (χ2n) is 3.85. The van der Waals surface area contributed by atoms with Gasteiger partial charge in [0, 0.05) is 24.7 Å². The molecule has 1 heterocycles. The van der Waals surface area contributed by atoms with Crippen molar-refractivity contribution in [1.29, 1.82) is 0 Å². The van der Waals surface area contributed by atoms with E-state index in [2.05, 4.69) is 5.16 Å². The molecular formula is C13H14FNO3. The van der Waals surface area contributed by atoms with Gasteiger partial charge in [0.15, 0.2) is 11.6 Å². The maximum atomic E-state index is 13.5. The Hall–Kier alpha value is -1.88. The fourth-order valence-electron chi connectivity index (χ4n) is 1.65. The number of benzene rings is 1. The molecule has 0 saturated heterocycles. The van der Waals surface area contributed by atoms with E-state index in [1.807, 2.05) is 0 Å². The van der Waals surface area contributed by atoms with Crippen LogP contribution in [0, 0.1) is 5.82 Å². The van der Waals surface area contributed by atoms with E-state index in [4.69, 9.17) is 14.4 Å². The van der Waals surface area contributed by atoms with Crippen molar-refractivity contribution in [3.05, 3.63) is 35.8 Å². The molecule has 0 atom stereocenters. The molecule has 5 heteroatoms. The molecule has 0 spiro atoms. The van der Waals surface area contributed by atoms with Gasteiger partial charge in [-0.25, -0.2) is 4.39 Å². The number of hydrogen-bond acceptors (Lipinski definition) is 4. The normalized spacial score (nSPS) is 10.6. The summed E-state index contributed by atoms with van der Waals surface area (Å²) in [6.07, 6.45) is 1.23. The van der Waals surface area contributed by atoms with E-state index in [-0.39, 0.29) is 12.4 Å². The first-order valence-corrected chi connectivity index (χ1v) is 5.65. The number of aryl methyl sites for hydroxylation is 1. The molecule has 18 heavy (non-hydrogen) atoms. The van der Waals surface area contributed by atoms with Crippen molar-refractivity contribution < 1.29 is 18.8 Å². The third-order valence-corrected chi connectivity index (χ3v) is 2.59. The first kappa shape index (κ1) is 12.6. The van der Waals surface area contributed by atoms with Crippen LogP contribution in [0.1, 0.15) is 12.2 Å². The van der Waals surface area contributed by atoms with Crippen LogP contribution in [0.4, 0.5) is 4.39 Å². The Labute approximate surface area is 104 Å². The minimum absolute atomic E-state index is 0.104. The predicted molar refractivity (Wildman–Crippen MR) is 63.9 cm³/mol. The number of halogens is 1. The lowest BCUT2D eigenvalue weighted by Gasteiger charge is -2.02. The average molecular weight is 251 g/mol. The monoisotopic (exact) mass is 251 g/mol. The van der Waals surface area contributed by atoms with Crippen LogP contribution in [0.25, 0.3) is 11.3 Å². The number of aliphatic hydroxyl groups is 1. The Kier molecular flexibility index (Phi) is 3.94. The van der Waals surface area contributed by atoms with Gasteiger partial charge < -0.3 is 14.4 Å². The maximum absolute atomic E-state index is 13.5. The van der Waals surface area contributed by atoms with Gasteiger partial charge in [-0.1, -0.05) is 5.16 Å². The minimum atomic E-state index is -0.435. The quantitative estimate of drug-likeness (QED) is 0.886. The zero-order valence-electron chi connectivity index (χ0n) is 10.0. The van der Waals surface area contributed by atoms with Crippen LogP contribution in [0.3, 0.4) is 0 Å². The van der Waals surface area contributed by atoms with Gasteiger partial charge >= 0.3 is 0 Å². The van der Waals surface area contributed by atoms with Gasteiger partial charge in [0.2, 0.25) is 0 Å². The molecule has 4 nitrogen and oxygen atoms in total. The molecule has 0 fully saturated rings. The van der Waals surface area contributed by atoms with Gasteiger partial charge in [-0.2, -0.15) is 0 Å². The number of methoxy groups -OCH3 is 1. The van der Waals surface area contributed by atoms with Gasteiger partial charge in [-0.05, 0) is 24.6 Å². The highest BCUT2D eigenvalue weighted by molar-refractivity contribution is 5.60. The van der Waals surface area contributed by atoms with Crippen molar-refractivity contribution in [3.8, 4) is 17.0 Å². The number of ether oxygens (including phenoxy) is 1. The lowest BCUT2D eigenvalue weighted by Crippen LogP contribution is -1.88. The summed E-state index contributed by atoms with van der Waals surface area (Å²) in [5, 5.41) is 12.6. The predicted octanol–water partition coefficient (Wildman–Crippen LogP) is 2.41. The van der Waals surface area contributed by atoms with Crippen LogP contribution >= 0.6 is 0 Å². The maximum Gasteiger partial charge on any atom is 0.165 e. The number of nitrogens with zero attached hydrogens (tertiary/aromatic N) is 1. The van der Waals surface area contributed by atoms with Crippen molar-refractivity contribution in [2.24, 2.45) is 0 Å². The van der Waals surface area contributed by atoms with Crippen LogP contribution in [-0.4, -0.2) is 24.0 Å². The van der Waals surface area contributed by atoms with E-state index in [0.29, 0.717) is 29.9 Å². The topological polar surface area (TPSA) is 55.5 Å². The molecule has 0 aliphatic heterocycles. The summed E-state index contributed by atoms with van der Waals surface area (Å²) in [4.78, 5) is 0. The van der Waals surface area contributed by atoms with E-state index in [1.165, 1.54) is 13.2 Å². The molecule has 2 rings (SSSR count). The summed E-state index contributed by atoms with van der Waals surface area (Å²) in [7, 11) is 1.42. The third kappa shape index (κ3) is 2.68. The van der Waals surface area contributed by atoms with E-state index in [1.54, 1.807) is 18.2 Å². The van der Waals surface area contributed by atoms with Crippen LogP contribution in [0.2, 0.25) is 0 Å². The van der Waals surface area contributed by atoms with Crippen LogP contribution < -0.4 is 4.74 Å². The van der Waals surface area contributed by atoms with E-state index in [9.17, 15) is 4.39 Å². The van der Waals surface area contributed by atoms with Crippen molar-refractivity contribution >= 4 is 0 Å². The van der Waals surface area contributed by atoms with Crippen LogP contribution in [-0.2, 0) is 6.42 Å². The lowest BCUT2D eigenvalue weighted by atomic mass is 10.1. The molecule has 0 unspecified atom stereocenters. The van der Waals surface area contributed by atoms with Crippen LogP contribution in [0.15, 0.2) is 28.8 Å². The number of aliphatic hydroxyl groups excluding tert-OH is 1. The van der Waals surface area contributed by atoms with Crippen molar-refractivity contribution in [1.82, 2.24) is 5.16 Å². The smallest absolute Gasteiger partial charge is 0.165 e. The molecule has 0 bridgehead atoms. The molecular weight excluding hydrogens is 237 g/mol. The van der Waals surface area contributed by atoms with E-state index < -0.39 is 5.82 Å².